The number of anilines is 2. The molecular weight excluding hydrogens is 1890 g/mol. The molecule has 2 unspecified atom stereocenters. The first-order valence-corrected chi connectivity index (χ1v) is 52.2. The molecule has 9 fully saturated rings. The van der Waals surface area contributed by atoms with Crippen molar-refractivity contribution >= 4 is 136 Å². The van der Waals surface area contributed by atoms with E-state index in [1.54, 1.807) is 92.2 Å². The summed E-state index contributed by atoms with van der Waals surface area (Å²) in [5.41, 5.74) is 1.67. The van der Waals surface area contributed by atoms with Crippen LogP contribution in [-0.2, 0) is 75.3 Å². The first-order valence-electron chi connectivity index (χ1n) is 46.7. The number of carbonyl (C=O) groups is 9. The number of nitrogens with zero attached hydrogens (tertiary/aromatic N) is 6. The molecule has 9 aliphatic rings. The van der Waals surface area contributed by atoms with Crippen LogP contribution in [0.15, 0.2) is 84.6 Å². The fraction of sp³-hybridized carbons (Fsp3) is 0.606. The van der Waals surface area contributed by atoms with Crippen LogP contribution in [-0.4, -0.2) is 232 Å². The molecule has 8 N–H and O–H groups in total. The predicted molar refractivity (Wildman–Crippen MR) is 512 cm³/mol. The highest BCUT2D eigenvalue weighted by molar-refractivity contribution is 7.56. The van der Waals surface area contributed by atoms with Crippen molar-refractivity contribution < 1.29 is 128 Å². The zero-order valence-corrected chi connectivity index (χ0v) is 83.9. The number of benzene rings is 2. The number of hydrogen-bond donors (Lipinski definition) is 8. The second-order valence-corrected chi connectivity index (χ2v) is 45.1. The van der Waals surface area contributed by atoms with Crippen LogP contribution in [0.4, 0.5) is 34.2 Å². The van der Waals surface area contributed by atoms with Gasteiger partial charge in [-0.1, -0.05) is 65.3 Å². The first-order chi connectivity index (χ1) is 65.6. The molecule has 2 aliphatic heterocycles. The normalized spacial score (nSPS) is 22.3. The average Bonchev–Trinajstić information content (AvgIpc) is 1.53. The van der Waals surface area contributed by atoms with E-state index in [1.807, 2.05) is 50.6 Å². The topological polar surface area (TPSA) is 488 Å². The molecule has 15 rings (SSSR count). The zero-order valence-electron chi connectivity index (χ0n) is 79.8. The van der Waals surface area contributed by atoms with Gasteiger partial charge in [0.1, 0.15) is 93.5 Å². The van der Waals surface area contributed by atoms with E-state index < -0.39 is 153 Å². The molecule has 2 saturated heterocycles. The Hall–Kier alpha value is -10.4. The minimum atomic E-state index is -4.83. The number of likely N-dealkylation sites (tertiary alicyclic amines) is 2. The number of alkyl halides is 1. The summed E-state index contributed by atoms with van der Waals surface area (Å²) in [6.45, 7) is 25.1. The highest BCUT2D eigenvalue weighted by Crippen LogP contribution is 2.73. The minimum Gasteiger partial charge on any atom is -0.497 e. The van der Waals surface area contributed by atoms with E-state index in [-0.39, 0.29) is 94.2 Å². The number of nitrogens with one attached hydrogen (secondary N) is 6. The Labute approximate surface area is 814 Å². The molecule has 6 aromatic rings. The van der Waals surface area contributed by atoms with Gasteiger partial charge in [-0.2, -0.15) is 0 Å². The van der Waals surface area contributed by atoms with Crippen molar-refractivity contribution in [3.8, 4) is 45.8 Å². The lowest BCUT2D eigenvalue weighted by Gasteiger charge is -2.36. The molecule has 39 nitrogen and oxygen atoms in total. The average molecular weight is 2020 g/mol. The molecule has 0 radical (unpaired) electrons. The summed E-state index contributed by atoms with van der Waals surface area (Å²) in [4.78, 5) is 164. The lowest BCUT2D eigenvalue weighted by molar-refractivity contribution is -0.142. The van der Waals surface area contributed by atoms with Crippen LogP contribution in [0.25, 0.3) is 44.6 Å². The molecule has 0 spiro atoms. The Bertz CT molecular complexity index is 5440. The van der Waals surface area contributed by atoms with Gasteiger partial charge in [-0.3, -0.25) is 37.4 Å². The molecule has 754 valence electrons. The third-order valence-electron chi connectivity index (χ3n) is 25.1. The monoisotopic (exact) mass is 2020 g/mol. The van der Waals surface area contributed by atoms with Gasteiger partial charge < -0.3 is 108 Å². The van der Waals surface area contributed by atoms with Crippen molar-refractivity contribution in [3.63, 3.8) is 0 Å². The maximum atomic E-state index is 15.2. The lowest BCUT2D eigenvalue weighted by atomic mass is 9.85. The van der Waals surface area contributed by atoms with Gasteiger partial charge in [0, 0.05) is 82.6 Å². The number of amides is 6. The molecule has 4 aromatic heterocycles. The number of aromatic nitrogens is 4. The van der Waals surface area contributed by atoms with Crippen LogP contribution in [0, 0.1) is 40.4 Å². The fourth-order valence-electron chi connectivity index (χ4n) is 16.7. The number of rotatable bonds is 39. The highest BCUT2D eigenvalue weighted by atomic mass is 35.5. The number of hydrogen-bond acceptors (Lipinski definition) is 33. The minimum absolute atomic E-state index is 0.00650. The quantitative estimate of drug-likeness (QED) is 0.00444. The summed E-state index contributed by atoms with van der Waals surface area (Å²) in [6.07, 6.45) is 9.02. The van der Waals surface area contributed by atoms with Crippen LogP contribution < -0.4 is 50.8 Å². The van der Waals surface area contributed by atoms with Crippen LogP contribution in [0.3, 0.4) is 0 Å². The Morgan fingerprint density at radius 2 is 0.899 bits per heavy atom. The van der Waals surface area contributed by atoms with Gasteiger partial charge >= 0.3 is 45.8 Å². The van der Waals surface area contributed by atoms with Crippen molar-refractivity contribution in [2.75, 3.05) is 77.4 Å². The first kappa shape index (κ1) is 105. The number of methoxy groups -OCH3 is 2. The largest absolute Gasteiger partial charge is 0.510 e. The predicted octanol–water partition coefficient (Wildman–Crippen LogP) is 16.5. The van der Waals surface area contributed by atoms with E-state index in [1.165, 1.54) is 44.6 Å². The molecule has 6 amide bonds. The van der Waals surface area contributed by atoms with Gasteiger partial charge in [0.25, 0.3) is 0 Å². The Kier molecular flexibility index (Phi) is 34.6. The summed E-state index contributed by atoms with van der Waals surface area (Å²) in [6, 6.07) is 9.65. The van der Waals surface area contributed by atoms with Crippen LogP contribution >= 0.6 is 49.5 Å². The number of pyridine rings is 2. The smallest absolute Gasteiger partial charge is 0.497 e. The summed E-state index contributed by atoms with van der Waals surface area (Å²) in [7, 11) is -6.43. The molecule has 6 heterocycles. The van der Waals surface area contributed by atoms with Gasteiger partial charge in [0.15, 0.2) is 16.3 Å². The fourth-order valence-corrected chi connectivity index (χ4v) is 21.9. The van der Waals surface area contributed by atoms with Crippen LogP contribution in [0.5, 0.6) is 23.0 Å². The maximum Gasteiger partial charge on any atom is 0.510 e. The Balaban J connectivity index is 0.000000218. The van der Waals surface area contributed by atoms with Crippen molar-refractivity contribution in [2.45, 2.75) is 256 Å². The van der Waals surface area contributed by atoms with Gasteiger partial charge in [0.05, 0.1) is 69.6 Å². The maximum absolute atomic E-state index is 15.2. The Morgan fingerprint density at radius 3 is 1.24 bits per heavy atom. The summed E-state index contributed by atoms with van der Waals surface area (Å²) >= 11 is 7.98. The molecule has 7 saturated carbocycles. The van der Waals surface area contributed by atoms with E-state index in [0.29, 0.717) is 98.1 Å². The summed E-state index contributed by atoms with van der Waals surface area (Å²) in [5, 5.41) is 20.5. The van der Waals surface area contributed by atoms with Gasteiger partial charge in [-0.05, 0) is 183 Å². The van der Waals surface area contributed by atoms with Gasteiger partial charge in [-0.25, -0.2) is 43.9 Å². The van der Waals surface area contributed by atoms with Crippen LogP contribution in [0.1, 0.15) is 185 Å². The lowest BCUT2D eigenvalue weighted by Crippen LogP contribution is -2.58. The molecule has 44 heteroatoms. The van der Waals surface area contributed by atoms with Crippen molar-refractivity contribution in [2.24, 2.45) is 40.4 Å². The number of ether oxygens (including phenoxy) is 12. The number of thiazole rings is 2. The zero-order chi connectivity index (χ0) is 99.3. The number of alkyl carbamates (subject to hydrolysis) is 2. The van der Waals surface area contributed by atoms with E-state index in [9.17, 15) is 47.9 Å². The third-order valence-corrected chi connectivity index (χ3v) is 30.9. The number of carbonyl (C=O) groups excluding carboxylic acids is 9. The van der Waals surface area contributed by atoms with Crippen molar-refractivity contribution in [3.05, 3.63) is 84.6 Å². The Morgan fingerprint density at radius 1 is 0.522 bits per heavy atom. The molecule has 7 aliphatic carbocycles. The van der Waals surface area contributed by atoms with E-state index in [0.717, 1.165) is 82.2 Å². The van der Waals surface area contributed by atoms with Crippen molar-refractivity contribution in [1.82, 2.24) is 51.0 Å². The SMILES string of the molecule is C=C[C@@H]1C[C@]1(NC(=O)[C@@H]1CC(Oc2cc(-c3csc(NC(C)C)n3)nc3cc(OC)ccc23)CN1C(=O)[C@@H](NC(=O)OC1CCCC1)C(C)(C)C)P(=O)(O)O.C=C[C@@H]1C[C@]1(NC(=O)[C@@H]1CC(Oc2cc(-c3csc(NC(C)C)n3)nc3cc(OC)ccc23)CN1C(=O)[C@@H](NC(=O)OC1CCCC1)C(C)(C)C)P(=O)(OCOC(=O)OCC1CC1)OCOC(=O)OCC1CC1.O=C(OCCl)OCC1CC1. The number of fused-ring (bicyclic) bond motifs is 2. The van der Waals surface area contributed by atoms with Crippen molar-refractivity contribution in [1.29, 1.82) is 0 Å². The standard InChI is InChI=1S/C50H67N6O15PS.C38H51N6O9PS.C6H9ClO3/c1-8-32-22-50(32,72(62,68-27-66-47(60)64-24-30-13-14-30)69-28-67-48(61)65-25-31-15-16-31)55-43(57)40-20-35(23-56(40)44(58)42(49(4,5)6)54-46(59)71-33-11-9-10-12-33)70-41-21-38(39-26-73-45(53-39)51-29(2)3)52-37-19-34(63-7)17-18-36(37)41;1-8-22-18-38(22,54(48,49)50)43-33(45)30-16-25(19-44(30)34(46)32(37(4,5)6)42-36(47)53-23-11-9-10-12-23)52-31-17-28(29-20-55-35(41-29)39-21(2)3)40-27-15-24(51-7)13-14-26(27)31;7-4-10-6(8)9-3-5-1-2-5/h8,17-19,21,26,29-33,35,40,42H,1,9-16,20,22-25,27-28H2,2-7H3,(H,51,53)(H,54,59)(H,55,57);8,13-15,17,20-23,25,30,32H,1,9-12,16,18-19H2,2-7H3,(H,39,41)(H,42,47)(H,43,45)(H2,48,49,50);5H,1-4H2/t32-,35?,40+,42-,50+;22-,25?,30+,32-,38+;/m11./s1. The van der Waals surface area contributed by atoms with Crippen LogP contribution in [0.2, 0.25) is 0 Å². The highest BCUT2D eigenvalue weighted by Gasteiger charge is 2.70. The van der Waals surface area contributed by atoms with Gasteiger partial charge in [-0.15, -0.1) is 35.8 Å². The van der Waals surface area contributed by atoms with E-state index >= 15 is 14.2 Å². The molecular formula is C94H127ClN12O27P2S2. The number of halogens is 1. The second kappa shape index (κ2) is 45.5. The molecule has 0 bridgehead atoms. The summed E-state index contributed by atoms with van der Waals surface area (Å²) < 4.78 is 105. The second-order valence-electron chi connectivity index (χ2n) is 38.9. The third kappa shape index (κ3) is 27.4. The molecule has 2 aromatic carbocycles. The molecule has 10 atom stereocenters. The van der Waals surface area contributed by atoms with Gasteiger partial charge in [0.2, 0.25) is 37.2 Å². The van der Waals surface area contributed by atoms with E-state index in [4.69, 9.17) is 88.0 Å². The van der Waals surface area contributed by atoms with E-state index in [2.05, 4.69) is 54.5 Å². The summed E-state index contributed by atoms with van der Waals surface area (Å²) in [5.74, 6) is -1.05. The molecule has 138 heavy (non-hydrogen) atoms.